The summed E-state index contributed by atoms with van der Waals surface area (Å²) in [5.74, 6) is 0. The molecule has 1 heterocycles. The van der Waals surface area contributed by atoms with Crippen molar-refractivity contribution in [3.8, 4) is 0 Å². The smallest absolute Gasteiger partial charge is 0.137 e. The molecule has 2 atom stereocenters. The summed E-state index contributed by atoms with van der Waals surface area (Å²) in [5, 5.41) is 4.12. The Morgan fingerprint density at radius 3 is 3.08 bits per heavy atom. The van der Waals surface area contributed by atoms with Crippen LogP contribution in [0.4, 0.5) is 0 Å². The summed E-state index contributed by atoms with van der Waals surface area (Å²) in [4.78, 5) is 3.93. The van der Waals surface area contributed by atoms with Gasteiger partial charge in [-0.15, -0.1) is 0 Å². The standard InChI is InChI=1S/C8H13N3O/c1-12-8-4-2-3-7(8)11-6-9-5-10-11/h5-8H,2-4H2,1H3. The largest absolute Gasteiger partial charge is 0.379 e. The monoisotopic (exact) mass is 167 g/mol. The first kappa shape index (κ1) is 7.73. The molecule has 0 N–H and O–H groups in total. The van der Waals surface area contributed by atoms with Gasteiger partial charge in [0.05, 0.1) is 12.1 Å². The highest BCUT2D eigenvalue weighted by Gasteiger charge is 2.28. The maximum absolute atomic E-state index is 5.36. The number of hydrogen-bond acceptors (Lipinski definition) is 3. The van der Waals surface area contributed by atoms with Gasteiger partial charge < -0.3 is 4.74 Å². The summed E-state index contributed by atoms with van der Waals surface area (Å²) in [6.07, 6.45) is 7.19. The molecule has 66 valence electrons. The number of ether oxygens (including phenoxy) is 1. The molecule has 0 aliphatic heterocycles. The van der Waals surface area contributed by atoms with Crippen LogP contribution in [0.25, 0.3) is 0 Å². The highest BCUT2D eigenvalue weighted by atomic mass is 16.5. The van der Waals surface area contributed by atoms with Crippen molar-refractivity contribution in [2.75, 3.05) is 7.11 Å². The third-order valence-electron chi connectivity index (χ3n) is 2.50. The van der Waals surface area contributed by atoms with E-state index in [9.17, 15) is 0 Å². The van der Waals surface area contributed by atoms with Gasteiger partial charge in [0.25, 0.3) is 0 Å². The summed E-state index contributed by atoms with van der Waals surface area (Å²) in [6.45, 7) is 0. The quantitative estimate of drug-likeness (QED) is 0.660. The molecule has 0 aromatic carbocycles. The van der Waals surface area contributed by atoms with E-state index in [2.05, 4.69) is 10.1 Å². The van der Waals surface area contributed by atoms with E-state index in [-0.39, 0.29) is 0 Å². The number of methoxy groups -OCH3 is 1. The van der Waals surface area contributed by atoms with Gasteiger partial charge in [-0.1, -0.05) is 0 Å². The Morgan fingerprint density at radius 1 is 1.50 bits per heavy atom. The van der Waals surface area contributed by atoms with Crippen molar-refractivity contribution in [1.82, 2.24) is 14.8 Å². The lowest BCUT2D eigenvalue weighted by atomic mass is 10.2. The molecule has 0 radical (unpaired) electrons. The summed E-state index contributed by atoms with van der Waals surface area (Å²) in [7, 11) is 1.76. The fourth-order valence-electron chi connectivity index (χ4n) is 1.87. The van der Waals surface area contributed by atoms with Crippen molar-refractivity contribution < 1.29 is 4.74 Å². The van der Waals surface area contributed by atoms with Gasteiger partial charge >= 0.3 is 0 Å². The Balaban J connectivity index is 2.13. The van der Waals surface area contributed by atoms with Crippen LogP contribution in [0.3, 0.4) is 0 Å². The van der Waals surface area contributed by atoms with Crippen molar-refractivity contribution in [1.29, 1.82) is 0 Å². The fourth-order valence-corrected chi connectivity index (χ4v) is 1.87. The van der Waals surface area contributed by atoms with Crippen molar-refractivity contribution >= 4 is 0 Å². The Labute approximate surface area is 71.6 Å². The van der Waals surface area contributed by atoms with Crippen LogP contribution in [0, 0.1) is 0 Å². The molecule has 0 amide bonds. The third-order valence-corrected chi connectivity index (χ3v) is 2.50. The Kier molecular flexibility index (Phi) is 2.08. The second-order valence-electron chi connectivity index (χ2n) is 3.15. The summed E-state index contributed by atoms with van der Waals surface area (Å²) >= 11 is 0. The molecule has 1 aliphatic rings. The lowest BCUT2D eigenvalue weighted by molar-refractivity contribution is 0.0707. The lowest BCUT2D eigenvalue weighted by Gasteiger charge is -2.17. The molecule has 0 bridgehead atoms. The van der Waals surface area contributed by atoms with E-state index < -0.39 is 0 Å². The minimum Gasteiger partial charge on any atom is -0.379 e. The molecule has 4 heteroatoms. The Hall–Kier alpha value is -0.900. The van der Waals surface area contributed by atoms with E-state index in [4.69, 9.17) is 4.74 Å². The Morgan fingerprint density at radius 2 is 2.42 bits per heavy atom. The molecule has 1 fully saturated rings. The van der Waals surface area contributed by atoms with Crippen molar-refractivity contribution in [2.24, 2.45) is 0 Å². The summed E-state index contributed by atoms with van der Waals surface area (Å²) < 4.78 is 7.26. The van der Waals surface area contributed by atoms with Gasteiger partial charge in [0.1, 0.15) is 12.7 Å². The van der Waals surface area contributed by atoms with Crippen LogP contribution in [-0.4, -0.2) is 28.0 Å². The molecule has 4 nitrogen and oxygen atoms in total. The molecule has 1 aromatic heterocycles. The molecule has 1 aromatic rings. The van der Waals surface area contributed by atoms with Gasteiger partial charge in [-0.25, -0.2) is 9.67 Å². The van der Waals surface area contributed by atoms with Gasteiger partial charge in [-0.2, -0.15) is 5.10 Å². The molecule has 0 saturated heterocycles. The first-order valence-electron chi connectivity index (χ1n) is 4.28. The third kappa shape index (κ3) is 1.22. The molecule has 1 saturated carbocycles. The summed E-state index contributed by atoms with van der Waals surface area (Å²) in [6, 6.07) is 0.400. The topological polar surface area (TPSA) is 39.9 Å². The van der Waals surface area contributed by atoms with E-state index in [1.807, 2.05) is 4.68 Å². The van der Waals surface area contributed by atoms with Gasteiger partial charge in [0.2, 0.25) is 0 Å². The zero-order valence-corrected chi connectivity index (χ0v) is 7.18. The fraction of sp³-hybridized carbons (Fsp3) is 0.750. The molecular formula is C8H13N3O. The first-order valence-corrected chi connectivity index (χ1v) is 4.28. The molecule has 1 aliphatic carbocycles. The highest BCUT2D eigenvalue weighted by Crippen LogP contribution is 2.30. The zero-order chi connectivity index (χ0) is 8.39. The second kappa shape index (κ2) is 3.23. The predicted molar refractivity (Wildman–Crippen MR) is 43.7 cm³/mol. The van der Waals surface area contributed by atoms with Crippen LogP contribution in [-0.2, 0) is 4.74 Å². The van der Waals surface area contributed by atoms with Crippen LogP contribution < -0.4 is 0 Å². The lowest BCUT2D eigenvalue weighted by Crippen LogP contribution is -2.20. The highest BCUT2D eigenvalue weighted by molar-refractivity contribution is 4.82. The normalized spacial score (nSPS) is 29.4. The average Bonchev–Trinajstić information content (AvgIpc) is 2.74. The molecule has 2 unspecified atom stereocenters. The van der Waals surface area contributed by atoms with Crippen LogP contribution in [0.1, 0.15) is 25.3 Å². The maximum atomic E-state index is 5.36. The number of rotatable bonds is 2. The second-order valence-corrected chi connectivity index (χ2v) is 3.15. The van der Waals surface area contributed by atoms with Crippen molar-refractivity contribution in [2.45, 2.75) is 31.4 Å². The summed E-state index contributed by atoms with van der Waals surface area (Å²) in [5.41, 5.74) is 0. The number of nitrogens with zero attached hydrogens (tertiary/aromatic N) is 3. The van der Waals surface area contributed by atoms with Crippen LogP contribution in [0.5, 0.6) is 0 Å². The average molecular weight is 167 g/mol. The molecular weight excluding hydrogens is 154 g/mol. The Bertz CT molecular complexity index is 234. The predicted octanol–water partition coefficient (Wildman–Crippen LogP) is 1.02. The van der Waals surface area contributed by atoms with Crippen molar-refractivity contribution in [3.63, 3.8) is 0 Å². The molecule has 0 spiro atoms. The van der Waals surface area contributed by atoms with Crippen LogP contribution in [0.15, 0.2) is 12.7 Å². The SMILES string of the molecule is COC1CCCC1n1cncn1. The number of hydrogen-bond donors (Lipinski definition) is 0. The van der Waals surface area contributed by atoms with Crippen LogP contribution in [0.2, 0.25) is 0 Å². The van der Waals surface area contributed by atoms with Crippen LogP contribution >= 0.6 is 0 Å². The first-order chi connectivity index (χ1) is 5.92. The van der Waals surface area contributed by atoms with E-state index >= 15 is 0 Å². The minimum absolute atomic E-state index is 0.326. The molecule has 2 rings (SSSR count). The van der Waals surface area contributed by atoms with Gasteiger partial charge in [-0.05, 0) is 19.3 Å². The maximum Gasteiger partial charge on any atom is 0.137 e. The van der Waals surface area contributed by atoms with E-state index in [0.29, 0.717) is 12.1 Å². The van der Waals surface area contributed by atoms with E-state index in [1.165, 1.54) is 6.42 Å². The zero-order valence-electron chi connectivity index (χ0n) is 7.18. The van der Waals surface area contributed by atoms with Gasteiger partial charge in [0, 0.05) is 7.11 Å². The van der Waals surface area contributed by atoms with Crippen molar-refractivity contribution in [3.05, 3.63) is 12.7 Å². The molecule has 12 heavy (non-hydrogen) atoms. The van der Waals surface area contributed by atoms with Gasteiger partial charge in [0.15, 0.2) is 0 Å². The van der Waals surface area contributed by atoms with E-state index in [0.717, 1.165) is 12.8 Å². The minimum atomic E-state index is 0.326. The number of aromatic nitrogens is 3. The van der Waals surface area contributed by atoms with Gasteiger partial charge in [-0.3, -0.25) is 0 Å². The van der Waals surface area contributed by atoms with E-state index in [1.54, 1.807) is 19.8 Å².